The molecule has 2 aromatic rings. The molecule has 0 aliphatic carbocycles. The Kier molecular flexibility index (Phi) is 2.31. The van der Waals surface area contributed by atoms with Crippen LogP contribution in [0.15, 0.2) is 6.07 Å². The largest absolute Gasteiger partial charge is 0.331 e. The molecule has 0 fully saturated rings. The van der Waals surface area contributed by atoms with Crippen LogP contribution >= 0.6 is 12.2 Å². The molecule has 15 heavy (non-hydrogen) atoms. The van der Waals surface area contributed by atoms with Crippen molar-refractivity contribution in [2.75, 3.05) is 0 Å². The van der Waals surface area contributed by atoms with Gasteiger partial charge in [0.15, 0.2) is 0 Å². The highest BCUT2D eigenvalue weighted by molar-refractivity contribution is 7.71. The number of fused-ring (bicyclic) bond motifs is 1. The van der Waals surface area contributed by atoms with E-state index in [1.807, 2.05) is 13.0 Å². The fourth-order valence-corrected chi connectivity index (χ4v) is 1.76. The fraction of sp³-hybridized carbons (Fsp3) is 0.273. The van der Waals surface area contributed by atoms with E-state index in [1.54, 1.807) is 13.8 Å². The van der Waals surface area contributed by atoms with Gasteiger partial charge in [-0.15, -0.1) is 0 Å². The highest BCUT2D eigenvalue weighted by Crippen LogP contribution is 2.21. The van der Waals surface area contributed by atoms with E-state index < -0.39 is 0 Å². The van der Waals surface area contributed by atoms with Crippen molar-refractivity contribution >= 4 is 23.3 Å². The Balaban J connectivity index is 2.99. The van der Waals surface area contributed by atoms with Crippen LogP contribution in [0.4, 0.5) is 4.39 Å². The van der Waals surface area contributed by atoms with Crippen molar-refractivity contribution in [1.29, 1.82) is 0 Å². The summed E-state index contributed by atoms with van der Waals surface area (Å²) in [6.07, 6.45) is 0. The predicted molar refractivity (Wildman–Crippen MR) is 61.1 cm³/mol. The SMILES string of the molecule is Cc1nc2[nH]c(=S)c(C)cc2c(C)c1F. The van der Waals surface area contributed by atoms with Crippen molar-refractivity contribution < 1.29 is 4.39 Å². The molecule has 0 atom stereocenters. The van der Waals surface area contributed by atoms with Crippen LogP contribution in [0.1, 0.15) is 16.8 Å². The maximum Gasteiger partial charge on any atom is 0.148 e. The second-order valence-corrected chi connectivity index (χ2v) is 4.09. The number of hydrogen-bond acceptors (Lipinski definition) is 2. The van der Waals surface area contributed by atoms with Gasteiger partial charge in [0.1, 0.15) is 16.1 Å². The lowest BCUT2D eigenvalue weighted by Crippen LogP contribution is -1.97. The zero-order valence-electron chi connectivity index (χ0n) is 8.81. The standard InChI is InChI=1S/C11H11FN2S/c1-5-4-8-6(2)9(12)7(3)13-10(8)14-11(5)15/h4H,1-3H3,(H,13,14,15). The van der Waals surface area contributed by atoms with Crippen molar-refractivity contribution in [1.82, 2.24) is 9.97 Å². The van der Waals surface area contributed by atoms with Crippen molar-refractivity contribution in [3.8, 4) is 0 Å². The summed E-state index contributed by atoms with van der Waals surface area (Å²) in [5.41, 5.74) is 2.61. The molecule has 0 bridgehead atoms. The molecule has 78 valence electrons. The van der Waals surface area contributed by atoms with E-state index in [9.17, 15) is 4.39 Å². The van der Waals surface area contributed by atoms with Crippen LogP contribution in [-0.4, -0.2) is 9.97 Å². The number of nitrogens with zero attached hydrogens (tertiary/aromatic N) is 1. The van der Waals surface area contributed by atoms with Crippen LogP contribution in [0.25, 0.3) is 11.0 Å². The number of H-pyrrole nitrogens is 1. The van der Waals surface area contributed by atoms with Crippen LogP contribution in [0.2, 0.25) is 0 Å². The second kappa shape index (κ2) is 3.38. The first kappa shape index (κ1) is 10.2. The van der Waals surface area contributed by atoms with Crippen LogP contribution in [0.3, 0.4) is 0 Å². The molecular formula is C11H11FN2S. The summed E-state index contributed by atoms with van der Waals surface area (Å²) in [6, 6.07) is 1.87. The van der Waals surface area contributed by atoms with Crippen LogP contribution in [0.5, 0.6) is 0 Å². The van der Waals surface area contributed by atoms with Gasteiger partial charge in [-0.3, -0.25) is 0 Å². The van der Waals surface area contributed by atoms with E-state index in [0.29, 0.717) is 21.5 Å². The number of nitrogens with one attached hydrogen (secondary N) is 1. The monoisotopic (exact) mass is 222 g/mol. The average molecular weight is 222 g/mol. The molecule has 0 saturated carbocycles. The topological polar surface area (TPSA) is 28.7 Å². The highest BCUT2D eigenvalue weighted by Gasteiger charge is 2.09. The number of pyridine rings is 2. The number of aromatic amines is 1. The molecule has 0 radical (unpaired) electrons. The van der Waals surface area contributed by atoms with Gasteiger partial charge in [0.2, 0.25) is 0 Å². The third kappa shape index (κ3) is 1.55. The number of aryl methyl sites for hydroxylation is 3. The van der Waals surface area contributed by atoms with Crippen molar-refractivity contribution in [2.24, 2.45) is 0 Å². The summed E-state index contributed by atoms with van der Waals surface area (Å²) in [6.45, 7) is 5.30. The van der Waals surface area contributed by atoms with Gasteiger partial charge in [0.25, 0.3) is 0 Å². The number of rotatable bonds is 0. The van der Waals surface area contributed by atoms with E-state index in [4.69, 9.17) is 12.2 Å². The minimum atomic E-state index is -0.243. The Morgan fingerprint density at radius 1 is 1.33 bits per heavy atom. The summed E-state index contributed by atoms with van der Waals surface area (Å²) in [4.78, 5) is 7.14. The van der Waals surface area contributed by atoms with Crippen molar-refractivity contribution in [3.05, 3.63) is 33.3 Å². The zero-order valence-corrected chi connectivity index (χ0v) is 9.63. The number of hydrogen-bond donors (Lipinski definition) is 1. The third-order valence-corrected chi connectivity index (χ3v) is 2.96. The minimum Gasteiger partial charge on any atom is -0.331 e. The summed E-state index contributed by atoms with van der Waals surface area (Å²) in [5.74, 6) is -0.243. The molecule has 2 heterocycles. The molecule has 0 aromatic carbocycles. The molecule has 0 aliphatic heterocycles. The number of aromatic nitrogens is 2. The van der Waals surface area contributed by atoms with Gasteiger partial charge in [-0.05, 0) is 38.0 Å². The molecule has 0 unspecified atom stereocenters. The molecule has 2 nitrogen and oxygen atoms in total. The predicted octanol–water partition coefficient (Wildman–Crippen LogP) is 3.36. The van der Waals surface area contributed by atoms with E-state index >= 15 is 0 Å². The third-order valence-electron chi connectivity index (χ3n) is 2.54. The van der Waals surface area contributed by atoms with Gasteiger partial charge >= 0.3 is 0 Å². The van der Waals surface area contributed by atoms with E-state index in [-0.39, 0.29) is 5.82 Å². The quantitative estimate of drug-likeness (QED) is 0.692. The molecule has 2 aromatic heterocycles. The van der Waals surface area contributed by atoms with E-state index in [0.717, 1.165) is 10.9 Å². The summed E-state index contributed by atoms with van der Waals surface area (Å²) < 4.78 is 14.2. The summed E-state index contributed by atoms with van der Waals surface area (Å²) >= 11 is 5.11. The van der Waals surface area contributed by atoms with Crippen LogP contribution in [0, 0.1) is 31.2 Å². The first-order valence-corrected chi connectivity index (χ1v) is 5.08. The Morgan fingerprint density at radius 2 is 2.00 bits per heavy atom. The summed E-state index contributed by atoms with van der Waals surface area (Å²) in [5, 5.41) is 0.796. The van der Waals surface area contributed by atoms with Gasteiger partial charge in [0.05, 0.1) is 5.69 Å². The lowest BCUT2D eigenvalue weighted by molar-refractivity contribution is 0.604. The maximum atomic E-state index is 13.6. The Labute approximate surface area is 92.2 Å². The molecule has 0 amide bonds. The lowest BCUT2D eigenvalue weighted by Gasteiger charge is -2.06. The van der Waals surface area contributed by atoms with E-state index in [1.165, 1.54) is 0 Å². The maximum absolute atomic E-state index is 13.6. The minimum absolute atomic E-state index is 0.243. The molecule has 0 spiro atoms. The first-order valence-electron chi connectivity index (χ1n) is 4.67. The smallest absolute Gasteiger partial charge is 0.148 e. The van der Waals surface area contributed by atoms with Crippen LogP contribution < -0.4 is 0 Å². The van der Waals surface area contributed by atoms with Gasteiger partial charge in [-0.2, -0.15) is 0 Å². The second-order valence-electron chi connectivity index (χ2n) is 3.68. The lowest BCUT2D eigenvalue weighted by atomic mass is 10.1. The molecule has 0 saturated heterocycles. The van der Waals surface area contributed by atoms with Gasteiger partial charge < -0.3 is 4.98 Å². The van der Waals surface area contributed by atoms with Gasteiger partial charge in [-0.1, -0.05) is 12.2 Å². The molecule has 2 rings (SSSR count). The Hall–Kier alpha value is -1.29. The number of halogens is 1. The highest BCUT2D eigenvalue weighted by atomic mass is 32.1. The van der Waals surface area contributed by atoms with E-state index in [2.05, 4.69) is 9.97 Å². The van der Waals surface area contributed by atoms with Crippen molar-refractivity contribution in [2.45, 2.75) is 20.8 Å². The van der Waals surface area contributed by atoms with Crippen LogP contribution in [-0.2, 0) is 0 Å². The molecule has 1 N–H and O–H groups in total. The normalized spacial score (nSPS) is 10.9. The van der Waals surface area contributed by atoms with Gasteiger partial charge in [-0.25, -0.2) is 9.37 Å². The van der Waals surface area contributed by atoms with Gasteiger partial charge in [0, 0.05) is 5.39 Å². The zero-order chi connectivity index (χ0) is 11.2. The molecule has 4 heteroatoms. The Bertz CT molecular complexity index is 602. The van der Waals surface area contributed by atoms with Crippen molar-refractivity contribution in [3.63, 3.8) is 0 Å². The molecular weight excluding hydrogens is 211 g/mol. The summed E-state index contributed by atoms with van der Waals surface area (Å²) in [7, 11) is 0. The Morgan fingerprint density at radius 3 is 2.67 bits per heavy atom. The fourth-order valence-electron chi connectivity index (χ4n) is 1.60. The first-order chi connectivity index (χ1) is 7.00. The molecule has 0 aliphatic rings. The average Bonchev–Trinajstić information content (AvgIpc) is 2.19.